The Morgan fingerprint density at radius 3 is 2.74 bits per heavy atom. The van der Waals surface area contributed by atoms with E-state index in [4.69, 9.17) is 5.11 Å². The first-order chi connectivity index (χ1) is 8.99. The molecule has 1 rings (SSSR count). The first-order valence-electron chi connectivity index (χ1n) is 6.05. The number of rotatable bonds is 7. The summed E-state index contributed by atoms with van der Waals surface area (Å²) in [5.41, 5.74) is 1.53. The number of hydrogen-bond acceptors (Lipinski definition) is 5. The zero-order chi connectivity index (χ0) is 14.3. The van der Waals surface area contributed by atoms with Crippen molar-refractivity contribution in [2.75, 3.05) is 5.32 Å². The molecular weight excluding hydrogens is 268 g/mol. The van der Waals surface area contributed by atoms with Gasteiger partial charge in [-0.25, -0.2) is 4.79 Å². The molecule has 2 atom stereocenters. The maximum atomic E-state index is 11.5. The summed E-state index contributed by atoms with van der Waals surface area (Å²) in [4.78, 5) is 22.2. The second kappa shape index (κ2) is 7.67. The van der Waals surface area contributed by atoms with Crippen LogP contribution in [-0.2, 0) is 4.79 Å². The molecule has 2 unspecified atom stereocenters. The molecule has 1 aromatic rings. The highest BCUT2D eigenvalue weighted by atomic mass is 32.1. The first-order valence-corrected chi connectivity index (χ1v) is 6.93. The molecular formula is C11H18N4O3S. The molecule has 7 nitrogen and oxygen atoms in total. The largest absolute Gasteiger partial charge is 0.481 e. The van der Waals surface area contributed by atoms with Crippen molar-refractivity contribution in [3.63, 3.8) is 0 Å². The summed E-state index contributed by atoms with van der Waals surface area (Å²) in [5, 5.41) is 21.8. The van der Waals surface area contributed by atoms with Crippen molar-refractivity contribution in [3.8, 4) is 0 Å². The quantitative estimate of drug-likeness (QED) is 0.710. The fourth-order valence-corrected chi connectivity index (χ4v) is 1.95. The van der Waals surface area contributed by atoms with Gasteiger partial charge < -0.3 is 10.4 Å². The number of aromatic nitrogens is 2. The van der Waals surface area contributed by atoms with E-state index in [1.54, 1.807) is 6.92 Å². The number of carboxylic acid groups (broad SMARTS) is 1. The minimum atomic E-state index is -0.783. The van der Waals surface area contributed by atoms with Gasteiger partial charge in [0.05, 0.1) is 5.92 Å². The van der Waals surface area contributed by atoms with Gasteiger partial charge in [0, 0.05) is 6.04 Å². The Bertz CT molecular complexity index is 410. The summed E-state index contributed by atoms with van der Waals surface area (Å²) < 4.78 is 0. The average molecular weight is 286 g/mol. The highest BCUT2D eigenvalue weighted by molar-refractivity contribution is 7.13. The van der Waals surface area contributed by atoms with Crippen molar-refractivity contribution >= 4 is 28.5 Å². The Morgan fingerprint density at radius 1 is 1.42 bits per heavy atom. The second-order valence-electron chi connectivity index (χ2n) is 4.41. The third kappa shape index (κ3) is 6.14. The Kier molecular flexibility index (Phi) is 6.20. The number of anilines is 1. The zero-order valence-electron chi connectivity index (χ0n) is 10.9. The van der Waals surface area contributed by atoms with Gasteiger partial charge in [0.2, 0.25) is 5.13 Å². The van der Waals surface area contributed by atoms with Crippen molar-refractivity contribution in [3.05, 3.63) is 5.51 Å². The van der Waals surface area contributed by atoms with Gasteiger partial charge >= 0.3 is 12.0 Å². The number of amides is 2. The number of carbonyl (C=O) groups is 2. The van der Waals surface area contributed by atoms with Gasteiger partial charge in [0.1, 0.15) is 5.51 Å². The maximum absolute atomic E-state index is 11.5. The van der Waals surface area contributed by atoms with Gasteiger partial charge in [0.25, 0.3) is 0 Å². The molecule has 0 bridgehead atoms. The Morgan fingerprint density at radius 2 is 2.16 bits per heavy atom. The molecule has 1 aromatic heterocycles. The van der Waals surface area contributed by atoms with Crippen LogP contribution in [0.4, 0.5) is 9.93 Å². The predicted octanol–water partition coefficient (Wildman–Crippen LogP) is 1.94. The summed E-state index contributed by atoms with van der Waals surface area (Å²) in [6, 6.07) is -0.343. The van der Waals surface area contributed by atoms with Gasteiger partial charge in [-0.2, -0.15) is 0 Å². The molecule has 1 heterocycles. The average Bonchev–Trinajstić information content (AvgIpc) is 2.81. The summed E-state index contributed by atoms with van der Waals surface area (Å²) in [6.45, 7) is 3.56. The topological polar surface area (TPSA) is 104 Å². The molecule has 0 spiro atoms. The maximum Gasteiger partial charge on any atom is 0.321 e. The highest BCUT2D eigenvalue weighted by Crippen LogP contribution is 2.10. The SMILES string of the molecule is CC(CCCC(C)C(=O)O)NC(=O)Nc1nncs1. The van der Waals surface area contributed by atoms with Crippen molar-refractivity contribution in [2.45, 2.75) is 39.2 Å². The van der Waals surface area contributed by atoms with Crippen LogP contribution >= 0.6 is 11.3 Å². The normalized spacial score (nSPS) is 13.6. The smallest absolute Gasteiger partial charge is 0.321 e. The number of aliphatic carboxylic acids is 1. The van der Waals surface area contributed by atoms with E-state index in [0.717, 1.165) is 12.8 Å². The van der Waals surface area contributed by atoms with Crippen molar-refractivity contribution in [1.82, 2.24) is 15.5 Å². The Hall–Kier alpha value is -1.70. The zero-order valence-corrected chi connectivity index (χ0v) is 11.7. The molecule has 8 heteroatoms. The molecule has 0 aromatic carbocycles. The molecule has 0 aliphatic rings. The van der Waals surface area contributed by atoms with Crippen LogP contribution in [0.1, 0.15) is 33.1 Å². The van der Waals surface area contributed by atoms with Gasteiger partial charge in [-0.1, -0.05) is 24.7 Å². The van der Waals surface area contributed by atoms with E-state index >= 15 is 0 Å². The lowest BCUT2D eigenvalue weighted by Gasteiger charge is -2.14. The fourth-order valence-electron chi connectivity index (χ4n) is 1.51. The molecule has 0 aliphatic carbocycles. The molecule has 0 saturated heterocycles. The van der Waals surface area contributed by atoms with Crippen LogP contribution in [0.3, 0.4) is 0 Å². The monoisotopic (exact) mass is 286 g/mol. The van der Waals surface area contributed by atoms with E-state index in [2.05, 4.69) is 20.8 Å². The summed E-state index contributed by atoms with van der Waals surface area (Å²) in [5.74, 6) is -1.13. The lowest BCUT2D eigenvalue weighted by Crippen LogP contribution is -2.36. The summed E-state index contributed by atoms with van der Waals surface area (Å²) >= 11 is 1.24. The number of carboxylic acids is 1. The van der Waals surface area contributed by atoms with Crippen LogP contribution in [0.5, 0.6) is 0 Å². The summed E-state index contributed by atoms with van der Waals surface area (Å²) in [7, 11) is 0. The number of nitrogens with zero attached hydrogens (tertiary/aromatic N) is 2. The molecule has 3 N–H and O–H groups in total. The third-order valence-electron chi connectivity index (χ3n) is 2.65. The number of hydrogen-bond donors (Lipinski definition) is 3. The Labute approximate surface area is 115 Å². The standard InChI is InChI=1S/C11H18N4O3S/c1-7(9(16)17)4-3-5-8(2)13-10(18)14-11-15-12-6-19-11/h6-8H,3-5H2,1-2H3,(H,16,17)(H2,13,14,15,18). The van der Waals surface area contributed by atoms with E-state index in [1.165, 1.54) is 16.8 Å². The van der Waals surface area contributed by atoms with Gasteiger partial charge in [-0.15, -0.1) is 10.2 Å². The van der Waals surface area contributed by atoms with E-state index in [0.29, 0.717) is 11.6 Å². The molecule has 0 aliphatic heterocycles. The number of nitrogens with one attached hydrogen (secondary N) is 2. The van der Waals surface area contributed by atoms with Gasteiger partial charge in [-0.3, -0.25) is 10.1 Å². The number of urea groups is 1. The molecule has 0 radical (unpaired) electrons. The highest BCUT2D eigenvalue weighted by Gasteiger charge is 2.12. The van der Waals surface area contributed by atoms with Crippen molar-refractivity contribution in [1.29, 1.82) is 0 Å². The molecule has 19 heavy (non-hydrogen) atoms. The minimum absolute atomic E-state index is 0.0195. The van der Waals surface area contributed by atoms with Gasteiger partial charge in [0.15, 0.2) is 0 Å². The predicted molar refractivity (Wildman–Crippen MR) is 72.2 cm³/mol. The number of carbonyl (C=O) groups excluding carboxylic acids is 1. The van der Waals surface area contributed by atoms with Crippen molar-refractivity contribution in [2.24, 2.45) is 5.92 Å². The van der Waals surface area contributed by atoms with E-state index in [1.807, 2.05) is 6.92 Å². The third-order valence-corrected chi connectivity index (χ3v) is 3.26. The second-order valence-corrected chi connectivity index (χ2v) is 5.25. The fraction of sp³-hybridized carbons (Fsp3) is 0.636. The lowest BCUT2D eigenvalue weighted by molar-refractivity contribution is -0.141. The molecule has 106 valence electrons. The molecule has 0 fully saturated rings. The summed E-state index contributed by atoms with van der Waals surface area (Å²) in [6.07, 6.45) is 2.11. The van der Waals surface area contributed by atoms with Crippen LogP contribution in [0.15, 0.2) is 5.51 Å². The Balaban J connectivity index is 2.18. The minimum Gasteiger partial charge on any atom is -0.481 e. The van der Waals surface area contributed by atoms with Crippen LogP contribution in [-0.4, -0.2) is 33.3 Å². The van der Waals surface area contributed by atoms with Crippen LogP contribution < -0.4 is 10.6 Å². The molecule has 2 amide bonds. The van der Waals surface area contributed by atoms with Crippen LogP contribution in [0.25, 0.3) is 0 Å². The van der Waals surface area contributed by atoms with E-state index < -0.39 is 5.97 Å². The van der Waals surface area contributed by atoms with Crippen LogP contribution in [0.2, 0.25) is 0 Å². The van der Waals surface area contributed by atoms with Gasteiger partial charge in [-0.05, 0) is 19.8 Å². The van der Waals surface area contributed by atoms with Crippen LogP contribution in [0, 0.1) is 5.92 Å². The van der Waals surface area contributed by atoms with E-state index in [-0.39, 0.29) is 18.0 Å². The van der Waals surface area contributed by atoms with E-state index in [9.17, 15) is 9.59 Å². The first kappa shape index (κ1) is 15.4. The van der Waals surface area contributed by atoms with Crippen molar-refractivity contribution < 1.29 is 14.7 Å². The molecule has 0 saturated carbocycles. The lowest BCUT2D eigenvalue weighted by atomic mass is 10.0.